The van der Waals surface area contributed by atoms with Crippen molar-refractivity contribution in [2.45, 2.75) is 31.0 Å². The average Bonchev–Trinajstić information content (AvgIpc) is 3.63. The average molecular weight is 354 g/mol. The highest BCUT2D eigenvalue weighted by Crippen LogP contribution is 2.49. The van der Waals surface area contributed by atoms with E-state index in [9.17, 15) is 0 Å². The van der Waals surface area contributed by atoms with Crippen molar-refractivity contribution in [2.75, 3.05) is 13.2 Å². The third-order valence-electron chi connectivity index (χ3n) is 6.14. The van der Waals surface area contributed by atoms with Crippen molar-refractivity contribution >= 4 is 0 Å². The third kappa shape index (κ3) is 2.72. The molecule has 0 bridgehead atoms. The van der Waals surface area contributed by atoms with Crippen molar-refractivity contribution in [2.24, 2.45) is 0 Å². The van der Waals surface area contributed by atoms with Crippen LogP contribution in [0.5, 0.6) is 0 Å². The molecule has 2 nitrogen and oxygen atoms in total. The summed E-state index contributed by atoms with van der Waals surface area (Å²) in [6.07, 6.45) is 2.82. The monoisotopic (exact) mass is 354 g/mol. The van der Waals surface area contributed by atoms with Crippen LogP contribution >= 0.6 is 0 Å². The lowest BCUT2D eigenvalue weighted by Gasteiger charge is -2.21. The van der Waals surface area contributed by atoms with E-state index in [1.807, 2.05) is 0 Å². The van der Waals surface area contributed by atoms with Crippen LogP contribution in [-0.4, -0.2) is 25.4 Å². The van der Waals surface area contributed by atoms with Crippen molar-refractivity contribution in [1.82, 2.24) is 0 Å². The molecule has 2 saturated heterocycles. The van der Waals surface area contributed by atoms with E-state index in [1.165, 1.54) is 38.9 Å². The van der Waals surface area contributed by atoms with E-state index in [1.54, 1.807) is 0 Å². The van der Waals surface area contributed by atoms with Crippen molar-refractivity contribution in [3.63, 3.8) is 0 Å². The van der Waals surface area contributed by atoms with Crippen molar-refractivity contribution in [3.05, 3.63) is 94.5 Å². The molecule has 2 heterocycles. The molecule has 2 aliphatic heterocycles. The molecule has 3 aromatic carbocycles. The molecule has 3 aliphatic rings. The molecule has 2 fully saturated rings. The number of hydrogen-bond donors (Lipinski definition) is 0. The smallest absolute Gasteiger partial charge is 0.0850 e. The molecule has 0 N–H and O–H groups in total. The Morgan fingerprint density at radius 1 is 0.630 bits per heavy atom. The molecule has 6 rings (SSSR count). The minimum Gasteiger partial charge on any atom is -0.373 e. The van der Waals surface area contributed by atoms with Gasteiger partial charge in [0, 0.05) is 18.8 Å². The number of hydrogen-bond acceptors (Lipinski definition) is 2. The van der Waals surface area contributed by atoms with Crippen LogP contribution in [0.3, 0.4) is 0 Å². The van der Waals surface area contributed by atoms with Crippen LogP contribution in [0.1, 0.15) is 33.7 Å². The first-order chi connectivity index (χ1) is 13.4. The van der Waals surface area contributed by atoms with Crippen LogP contribution in [0.15, 0.2) is 66.7 Å². The lowest BCUT2D eigenvalue weighted by molar-refractivity contribution is 0.401. The minimum atomic E-state index is 0.311. The predicted molar refractivity (Wildman–Crippen MR) is 106 cm³/mol. The molecule has 27 heavy (non-hydrogen) atoms. The molecule has 2 atom stereocenters. The Morgan fingerprint density at radius 3 is 1.81 bits per heavy atom. The first kappa shape index (κ1) is 15.6. The summed E-state index contributed by atoms with van der Waals surface area (Å²) >= 11 is 0. The fourth-order valence-corrected chi connectivity index (χ4v) is 4.70. The van der Waals surface area contributed by atoms with Gasteiger partial charge in [-0.25, -0.2) is 0 Å². The van der Waals surface area contributed by atoms with Gasteiger partial charge in [-0.1, -0.05) is 66.7 Å². The van der Waals surface area contributed by atoms with Gasteiger partial charge in [-0.3, -0.25) is 0 Å². The van der Waals surface area contributed by atoms with E-state index in [2.05, 4.69) is 66.7 Å². The largest absolute Gasteiger partial charge is 0.373 e. The highest BCUT2D eigenvalue weighted by Gasteiger charge is 2.34. The van der Waals surface area contributed by atoms with Crippen LogP contribution < -0.4 is 0 Å². The minimum absolute atomic E-state index is 0.311. The van der Waals surface area contributed by atoms with Gasteiger partial charge in [0.15, 0.2) is 0 Å². The van der Waals surface area contributed by atoms with Gasteiger partial charge in [-0.2, -0.15) is 0 Å². The SMILES string of the molecule is c1ccc2c(c1)-c1ccccc1C2c1cccc(CC2CO2)c1CC1CO1. The Balaban J connectivity index is 1.54. The van der Waals surface area contributed by atoms with Gasteiger partial charge in [-0.15, -0.1) is 0 Å². The molecular weight excluding hydrogens is 332 g/mol. The van der Waals surface area contributed by atoms with Gasteiger partial charge in [0.2, 0.25) is 0 Å². The van der Waals surface area contributed by atoms with Gasteiger partial charge in [0.05, 0.1) is 25.4 Å². The highest BCUT2D eigenvalue weighted by atomic mass is 16.6. The van der Waals surface area contributed by atoms with Crippen molar-refractivity contribution in [1.29, 1.82) is 0 Å². The van der Waals surface area contributed by atoms with Crippen LogP contribution in [0, 0.1) is 0 Å². The molecule has 0 radical (unpaired) electrons. The van der Waals surface area contributed by atoms with Crippen molar-refractivity contribution < 1.29 is 9.47 Å². The second-order valence-electron chi connectivity index (χ2n) is 7.91. The molecule has 0 amide bonds. The Kier molecular flexibility index (Phi) is 3.50. The standard InChI is InChI=1S/C25H22O2/c1-3-9-21-19(7-1)20-8-2-4-10-22(20)25(21)23-11-5-6-16(12-17-14-26-17)24(23)13-18-15-27-18/h1-11,17-18,25H,12-15H2. The normalized spacial score (nSPS) is 22.4. The van der Waals surface area contributed by atoms with E-state index in [4.69, 9.17) is 9.47 Å². The fourth-order valence-electron chi connectivity index (χ4n) is 4.70. The molecular formula is C25H22O2. The maximum Gasteiger partial charge on any atom is 0.0850 e. The number of ether oxygens (including phenoxy) is 2. The summed E-state index contributed by atoms with van der Waals surface area (Å²) in [5.41, 5.74) is 9.97. The van der Waals surface area contributed by atoms with Gasteiger partial charge >= 0.3 is 0 Å². The lowest BCUT2D eigenvalue weighted by atomic mass is 9.82. The van der Waals surface area contributed by atoms with Crippen LogP contribution in [0.4, 0.5) is 0 Å². The molecule has 3 aromatic rings. The summed E-state index contributed by atoms with van der Waals surface area (Å²) in [6, 6.07) is 24.6. The summed E-state index contributed by atoms with van der Waals surface area (Å²) < 4.78 is 11.1. The number of benzene rings is 3. The Labute approximate surface area is 159 Å². The number of fused-ring (bicyclic) bond motifs is 3. The Morgan fingerprint density at radius 2 is 1.19 bits per heavy atom. The zero-order valence-corrected chi connectivity index (χ0v) is 15.2. The summed E-state index contributed by atoms with van der Waals surface area (Å²) in [4.78, 5) is 0. The Hall–Kier alpha value is -2.42. The molecule has 134 valence electrons. The second kappa shape index (κ2) is 6.05. The summed E-state index contributed by atoms with van der Waals surface area (Å²) in [5.74, 6) is 0.311. The summed E-state index contributed by atoms with van der Waals surface area (Å²) in [5, 5.41) is 0. The van der Waals surface area contributed by atoms with Gasteiger partial charge in [0.1, 0.15) is 0 Å². The number of epoxide rings is 2. The maximum absolute atomic E-state index is 5.61. The molecule has 0 spiro atoms. The van der Waals surface area contributed by atoms with E-state index < -0.39 is 0 Å². The first-order valence-corrected chi connectivity index (χ1v) is 9.90. The van der Waals surface area contributed by atoms with Gasteiger partial charge < -0.3 is 9.47 Å². The maximum atomic E-state index is 5.61. The third-order valence-corrected chi connectivity index (χ3v) is 6.14. The quantitative estimate of drug-likeness (QED) is 0.484. The molecule has 0 aromatic heterocycles. The second-order valence-corrected chi connectivity index (χ2v) is 7.91. The fraction of sp³-hybridized carbons (Fsp3) is 0.280. The predicted octanol–water partition coefficient (Wildman–Crippen LogP) is 4.73. The van der Waals surface area contributed by atoms with Crippen LogP contribution in [-0.2, 0) is 22.3 Å². The van der Waals surface area contributed by atoms with Gasteiger partial charge in [0.25, 0.3) is 0 Å². The van der Waals surface area contributed by atoms with Crippen LogP contribution in [0.25, 0.3) is 11.1 Å². The zero-order chi connectivity index (χ0) is 17.8. The van der Waals surface area contributed by atoms with E-state index in [0.717, 1.165) is 26.1 Å². The Bertz CT molecular complexity index is 969. The highest BCUT2D eigenvalue weighted by molar-refractivity contribution is 5.81. The summed E-state index contributed by atoms with van der Waals surface area (Å²) in [7, 11) is 0. The molecule has 1 aliphatic carbocycles. The topological polar surface area (TPSA) is 25.1 Å². The molecule has 2 unspecified atom stereocenters. The van der Waals surface area contributed by atoms with Gasteiger partial charge in [-0.05, 0) is 38.9 Å². The zero-order valence-electron chi connectivity index (χ0n) is 15.2. The van der Waals surface area contributed by atoms with Crippen LogP contribution in [0.2, 0.25) is 0 Å². The molecule has 2 heteroatoms. The first-order valence-electron chi connectivity index (χ1n) is 9.90. The van der Waals surface area contributed by atoms with E-state index >= 15 is 0 Å². The van der Waals surface area contributed by atoms with Crippen molar-refractivity contribution in [3.8, 4) is 11.1 Å². The van der Waals surface area contributed by atoms with E-state index in [-0.39, 0.29) is 0 Å². The number of rotatable bonds is 5. The van der Waals surface area contributed by atoms with E-state index in [0.29, 0.717) is 18.1 Å². The lowest BCUT2D eigenvalue weighted by Crippen LogP contribution is -2.10. The summed E-state index contributed by atoms with van der Waals surface area (Å²) in [6.45, 7) is 1.80. The molecule has 0 saturated carbocycles.